The number of amides is 1. The van der Waals surface area contributed by atoms with E-state index in [0.29, 0.717) is 10.6 Å². The Bertz CT molecular complexity index is 536. The van der Waals surface area contributed by atoms with Crippen molar-refractivity contribution in [3.05, 3.63) is 29.1 Å². The molecule has 2 N–H and O–H groups in total. The predicted molar refractivity (Wildman–Crippen MR) is 65.3 cm³/mol. The maximum absolute atomic E-state index is 11.8. The second-order valence-electron chi connectivity index (χ2n) is 3.39. The normalized spacial score (nSPS) is 10.6. The van der Waals surface area contributed by atoms with Crippen LogP contribution < -0.4 is 5.73 Å². The molecule has 0 unspecified atom stereocenters. The molecular weight excluding hydrogens is 224 g/mol. The van der Waals surface area contributed by atoms with Gasteiger partial charge < -0.3 is 5.73 Å². The Morgan fingerprint density at radius 2 is 2.19 bits per heavy atom. The van der Waals surface area contributed by atoms with Gasteiger partial charge >= 0.3 is 0 Å². The first-order valence-corrected chi connectivity index (χ1v) is 5.54. The molecule has 0 bridgehead atoms. The minimum atomic E-state index is -0.151. The van der Waals surface area contributed by atoms with Crippen LogP contribution in [0.1, 0.15) is 9.67 Å². The van der Waals surface area contributed by atoms with Gasteiger partial charge in [-0.25, -0.2) is 5.06 Å². The third-order valence-electron chi connectivity index (χ3n) is 2.31. The van der Waals surface area contributed by atoms with Crippen molar-refractivity contribution in [1.29, 1.82) is 0 Å². The number of anilines is 1. The van der Waals surface area contributed by atoms with Crippen molar-refractivity contribution >= 4 is 33.0 Å². The summed E-state index contributed by atoms with van der Waals surface area (Å²) in [4.78, 5) is 17.3. The Labute approximate surface area is 97.2 Å². The van der Waals surface area contributed by atoms with E-state index >= 15 is 0 Å². The highest BCUT2D eigenvalue weighted by Crippen LogP contribution is 2.27. The molecule has 0 aliphatic heterocycles. The monoisotopic (exact) mass is 236 g/mol. The molecule has 0 saturated heterocycles. The van der Waals surface area contributed by atoms with Crippen molar-refractivity contribution in [2.45, 2.75) is 0 Å². The molecule has 0 saturated carbocycles. The Balaban J connectivity index is 2.43. The fourth-order valence-electron chi connectivity index (χ4n) is 1.41. The van der Waals surface area contributed by atoms with Gasteiger partial charge in [0.15, 0.2) is 0 Å². The second kappa shape index (κ2) is 4.11. The van der Waals surface area contributed by atoms with Crippen molar-refractivity contribution in [2.75, 3.05) is 19.9 Å². The summed E-state index contributed by atoms with van der Waals surface area (Å²) < 4.78 is 1.04. The molecule has 1 amide bonds. The van der Waals surface area contributed by atoms with Gasteiger partial charge in [-0.2, -0.15) is 0 Å². The van der Waals surface area contributed by atoms with E-state index < -0.39 is 0 Å². The highest BCUT2D eigenvalue weighted by atomic mass is 32.1. The molecule has 1 aromatic heterocycles. The van der Waals surface area contributed by atoms with Crippen LogP contribution in [0, 0.1) is 0 Å². The molecule has 0 atom stereocenters. The number of hydrogen-bond donors (Lipinski definition) is 1. The molecule has 1 aromatic carbocycles. The van der Waals surface area contributed by atoms with Gasteiger partial charge in [0.25, 0.3) is 5.91 Å². The Morgan fingerprint density at radius 3 is 2.88 bits per heavy atom. The summed E-state index contributed by atoms with van der Waals surface area (Å²) in [5.74, 6) is -0.151. The lowest BCUT2D eigenvalue weighted by molar-refractivity contribution is -0.0753. The van der Waals surface area contributed by atoms with E-state index in [4.69, 9.17) is 10.6 Å². The second-order valence-corrected chi connectivity index (χ2v) is 4.48. The summed E-state index contributed by atoms with van der Waals surface area (Å²) >= 11 is 1.43. The van der Waals surface area contributed by atoms with Gasteiger partial charge in [-0.15, -0.1) is 11.3 Å². The van der Waals surface area contributed by atoms with Crippen LogP contribution in [0.2, 0.25) is 0 Å². The molecule has 0 radical (unpaired) electrons. The summed E-state index contributed by atoms with van der Waals surface area (Å²) in [6.07, 6.45) is 0. The van der Waals surface area contributed by atoms with E-state index in [2.05, 4.69) is 0 Å². The number of hydrogen-bond acceptors (Lipinski definition) is 4. The molecule has 4 nitrogen and oxygen atoms in total. The third kappa shape index (κ3) is 1.87. The van der Waals surface area contributed by atoms with Gasteiger partial charge in [0, 0.05) is 17.4 Å². The highest BCUT2D eigenvalue weighted by Gasteiger charge is 2.14. The van der Waals surface area contributed by atoms with E-state index in [0.717, 1.165) is 10.1 Å². The number of benzene rings is 1. The van der Waals surface area contributed by atoms with Gasteiger partial charge in [0.05, 0.1) is 12.0 Å². The van der Waals surface area contributed by atoms with E-state index in [9.17, 15) is 4.79 Å². The highest BCUT2D eigenvalue weighted by molar-refractivity contribution is 7.20. The number of carbonyl (C=O) groups excluding carboxylic acids is 1. The number of carbonyl (C=O) groups is 1. The molecule has 0 spiro atoms. The lowest BCUT2D eigenvalue weighted by Gasteiger charge is -2.11. The summed E-state index contributed by atoms with van der Waals surface area (Å²) in [6, 6.07) is 7.43. The minimum Gasteiger partial charge on any atom is -0.399 e. The van der Waals surface area contributed by atoms with Gasteiger partial charge in [0.1, 0.15) is 0 Å². The number of nitrogen functional groups attached to an aromatic ring is 1. The molecule has 5 heteroatoms. The van der Waals surface area contributed by atoms with Crippen molar-refractivity contribution in [2.24, 2.45) is 0 Å². The fraction of sp³-hybridized carbons (Fsp3) is 0.182. The molecule has 0 aliphatic carbocycles. The summed E-state index contributed by atoms with van der Waals surface area (Å²) in [5, 5.41) is 2.19. The number of hydroxylamine groups is 2. The lowest BCUT2D eigenvalue weighted by Crippen LogP contribution is -2.24. The maximum atomic E-state index is 11.8. The van der Waals surface area contributed by atoms with Gasteiger partial charge in [0.2, 0.25) is 0 Å². The standard InChI is InChI=1S/C11H12N2O2S/c1-13(15-2)11(14)10-6-7-5-8(12)3-4-9(7)16-10/h3-6H,12H2,1-2H3. The van der Waals surface area contributed by atoms with Crippen LogP contribution in [0.15, 0.2) is 24.3 Å². The minimum absolute atomic E-state index is 0.151. The Morgan fingerprint density at radius 1 is 1.44 bits per heavy atom. The van der Waals surface area contributed by atoms with Crippen LogP contribution in [0.4, 0.5) is 5.69 Å². The zero-order chi connectivity index (χ0) is 11.7. The molecule has 2 aromatic rings. The summed E-state index contributed by atoms with van der Waals surface area (Å²) in [7, 11) is 3.05. The largest absolute Gasteiger partial charge is 0.399 e. The SMILES string of the molecule is CON(C)C(=O)c1cc2cc(N)ccc2s1. The quantitative estimate of drug-likeness (QED) is 0.642. The Kier molecular flexibility index (Phi) is 2.80. The molecular formula is C11H12N2O2S. The smallest absolute Gasteiger partial charge is 0.287 e. The first-order chi connectivity index (χ1) is 7.61. The van der Waals surface area contributed by atoms with Crippen LogP contribution in [0.3, 0.4) is 0 Å². The number of rotatable bonds is 2. The van der Waals surface area contributed by atoms with E-state index in [1.54, 1.807) is 7.05 Å². The van der Waals surface area contributed by atoms with Gasteiger partial charge in [-0.05, 0) is 29.7 Å². The van der Waals surface area contributed by atoms with E-state index in [1.807, 2.05) is 24.3 Å². The average molecular weight is 236 g/mol. The zero-order valence-corrected chi connectivity index (χ0v) is 9.88. The lowest BCUT2D eigenvalue weighted by atomic mass is 10.2. The molecule has 16 heavy (non-hydrogen) atoms. The van der Waals surface area contributed by atoms with Crippen molar-refractivity contribution in [1.82, 2.24) is 5.06 Å². The Hall–Kier alpha value is -1.59. The number of fused-ring (bicyclic) bond motifs is 1. The van der Waals surface area contributed by atoms with Crippen molar-refractivity contribution in [3.8, 4) is 0 Å². The zero-order valence-electron chi connectivity index (χ0n) is 9.06. The number of thiophene rings is 1. The van der Waals surface area contributed by atoms with Crippen molar-refractivity contribution in [3.63, 3.8) is 0 Å². The fourth-order valence-corrected chi connectivity index (χ4v) is 2.42. The summed E-state index contributed by atoms with van der Waals surface area (Å²) in [6.45, 7) is 0. The molecule has 1 heterocycles. The van der Waals surface area contributed by atoms with Crippen LogP contribution in [-0.2, 0) is 4.84 Å². The van der Waals surface area contributed by atoms with Gasteiger partial charge in [-0.1, -0.05) is 0 Å². The number of nitrogens with two attached hydrogens (primary N) is 1. The maximum Gasteiger partial charge on any atom is 0.287 e. The molecule has 0 fully saturated rings. The van der Waals surface area contributed by atoms with Crippen LogP contribution in [-0.4, -0.2) is 25.1 Å². The molecule has 2 rings (SSSR count). The molecule has 0 aliphatic rings. The first-order valence-electron chi connectivity index (χ1n) is 4.73. The summed E-state index contributed by atoms with van der Waals surface area (Å²) in [5.41, 5.74) is 6.38. The van der Waals surface area contributed by atoms with E-state index in [-0.39, 0.29) is 5.91 Å². The van der Waals surface area contributed by atoms with Crippen molar-refractivity contribution < 1.29 is 9.63 Å². The number of nitrogens with zero attached hydrogens (tertiary/aromatic N) is 1. The molecule has 84 valence electrons. The van der Waals surface area contributed by atoms with Gasteiger partial charge in [-0.3, -0.25) is 9.63 Å². The van der Waals surface area contributed by atoms with Crippen LogP contribution in [0.25, 0.3) is 10.1 Å². The van der Waals surface area contributed by atoms with E-state index in [1.165, 1.54) is 23.5 Å². The topological polar surface area (TPSA) is 55.6 Å². The van der Waals surface area contributed by atoms with Crippen LogP contribution in [0.5, 0.6) is 0 Å². The third-order valence-corrected chi connectivity index (χ3v) is 3.42. The average Bonchev–Trinajstić information content (AvgIpc) is 2.69. The predicted octanol–water partition coefficient (Wildman–Crippen LogP) is 2.12. The van der Waals surface area contributed by atoms with Crippen LogP contribution >= 0.6 is 11.3 Å². The first kappa shape index (κ1) is 10.9.